The number of hydrogen-bond donors (Lipinski definition) is 1. The molecule has 0 saturated heterocycles. The van der Waals surface area contributed by atoms with Gasteiger partial charge in [-0.25, -0.2) is 0 Å². The van der Waals surface area contributed by atoms with Gasteiger partial charge in [0.05, 0.1) is 18.2 Å². The first-order valence-corrected chi connectivity index (χ1v) is 10.3. The lowest BCUT2D eigenvalue weighted by molar-refractivity contribution is -0.139. The zero-order chi connectivity index (χ0) is 21.5. The number of carbonyl (C=O) groups excluding carboxylic acids is 2. The molecule has 0 bridgehead atoms. The molecule has 0 aromatic heterocycles. The Morgan fingerprint density at radius 3 is 2.40 bits per heavy atom. The summed E-state index contributed by atoms with van der Waals surface area (Å²) < 4.78 is 0. The van der Waals surface area contributed by atoms with Crippen LogP contribution in [0.5, 0.6) is 0 Å². The molecule has 30 heavy (non-hydrogen) atoms. The molecule has 0 aliphatic carbocycles. The number of aliphatic hydroxyl groups is 1. The second-order valence-electron chi connectivity index (χ2n) is 7.36. The summed E-state index contributed by atoms with van der Waals surface area (Å²) in [6.07, 6.45) is 0. The molecule has 1 aliphatic rings. The van der Waals surface area contributed by atoms with Crippen LogP contribution < -0.4 is 4.90 Å². The maximum absolute atomic E-state index is 13.5. The zero-order valence-electron chi connectivity index (χ0n) is 16.2. The van der Waals surface area contributed by atoms with Gasteiger partial charge in [0.15, 0.2) is 11.4 Å². The molecule has 152 valence electrons. The minimum absolute atomic E-state index is 0.168. The van der Waals surface area contributed by atoms with Crippen LogP contribution in [0.2, 0.25) is 10.0 Å². The maximum Gasteiger partial charge on any atom is 0.264 e. The Morgan fingerprint density at radius 1 is 1.03 bits per heavy atom. The quantitative estimate of drug-likeness (QED) is 0.552. The Labute approximate surface area is 184 Å². The predicted molar refractivity (Wildman–Crippen MR) is 118 cm³/mol. The van der Waals surface area contributed by atoms with Crippen molar-refractivity contribution in [3.05, 3.63) is 99.5 Å². The molecular formula is C24H19Cl2NO3. The van der Waals surface area contributed by atoms with Gasteiger partial charge in [-0.2, -0.15) is 0 Å². The second-order valence-corrected chi connectivity index (χ2v) is 8.21. The van der Waals surface area contributed by atoms with E-state index < -0.39 is 17.4 Å². The fourth-order valence-electron chi connectivity index (χ4n) is 3.89. The minimum Gasteiger partial charge on any atom is -0.375 e. The van der Waals surface area contributed by atoms with Crippen molar-refractivity contribution >= 4 is 40.6 Å². The number of halogens is 2. The molecule has 2 atom stereocenters. The molecule has 4 rings (SSSR count). The highest BCUT2D eigenvalue weighted by atomic mass is 35.5. The van der Waals surface area contributed by atoms with Gasteiger partial charge < -0.3 is 10.0 Å². The van der Waals surface area contributed by atoms with E-state index in [1.165, 1.54) is 4.90 Å². The third kappa shape index (κ3) is 3.31. The highest BCUT2D eigenvalue weighted by Crippen LogP contribution is 2.47. The van der Waals surface area contributed by atoms with Crippen LogP contribution >= 0.6 is 23.2 Å². The summed E-state index contributed by atoms with van der Waals surface area (Å²) in [7, 11) is 0. The molecule has 6 heteroatoms. The van der Waals surface area contributed by atoms with Crippen LogP contribution in [-0.2, 0) is 16.9 Å². The average Bonchev–Trinajstić information content (AvgIpc) is 2.97. The van der Waals surface area contributed by atoms with E-state index in [2.05, 4.69) is 0 Å². The number of ketones is 1. The van der Waals surface area contributed by atoms with Crippen LogP contribution in [0.3, 0.4) is 0 Å². The van der Waals surface area contributed by atoms with Gasteiger partial charge in [0.2, 0.25) is 0 Å². The van der Waals surface area contributed by atoms with E-state index in [1.54, 1.807) is 61.5 Å². The smallest absolute Gasteiger partial charge is 0.264 e. The van der Waals surface area contributed by atoms with Crippen LogP contribution in [0.25, 0.3) is 0 Å². The molecular weight excluding hydrogens is 421 g/mol. The Bertz CT molecular complexity index is 1130. The van der Waals surface area contributed by atoms with E-state index in [0.717, 1.165) is 5.56 Å². The van der Waals surface area contributed by atoms with Gasteiger partial charge in [-0.1, -0.05) is 78.7 Å². The van der Waals surface area contributed by atoms with Crippen molar-refractivity contribution in [2.45, 2.75) is 19.1 Å². The summed E-state index contributed by atoms with van der Waals surface area (Å²) in [6, 6.07) is 20.7. The fourth-order valence-corrected chi connectivity index (χ4v) is 4.26. The Hall–Kier alpha value is -2.66. The molecule has 3 aromatic rings. The molecule has 0 fully saturated rings. The van der Waals surface area contributed by atoms with E-state index in [0.29, 0.717) is 26.9 Å². The van der Waals surface area contributed by atoms with Crippen molar-refractivity contribution in [3.63, 3.8) is 0 Å². The molecule has 1 aliphatic heterocycles. The second kappa shape index (κ2) is 7.88. The Morgan fingerprint density at radius 2 is 1.70 bits per heavy atom. The van der Waals surface area contributed by atoms with Gasteiger partial charge in [-0.15, -0.1) is 0 Å². The molecule has 1 amide bonds. The van der Waals surface area contributed by atoms with Crippen molar-refractivity contribution < 1.29 is 14.7 Å². The number of fused-ring (bicyclic) bond motifs is 1. The molecule has 0 radical (unpaired) electrons. The Balaban J connectivity index is 1.79. The van der Waals surface area contributed by atoms with Crippen LogP contribution in [0, 0.1) is 5.92 Å². The van der Waals surface area contributed by atoms with Crippen LogP contribution in [0.1, 0.15) is 28.4 Å². The van der Waals surface area contributed by atoms with E-state index >= 15 is 0 Å². The number of amides is 1. The number of nitrogens with zero attached hydrogens (tertiary/aromatic N) is 1. The first-order valence-electron chi connectivity index (χ1n) is 9.51. The highest BCUT2D eigenvalue weighted by Gasteiger charge is 2.55. The van der Waals surface area contributed by atoms with E-state index in [-0.39, 0.29) is 12.3 Å². The summed E-state index contributed by atoms with van der Waals surface area (Å²) in [5.41, 5.74) is -0.0311. The minimum atomic E-state index is -2.03. The molecule has 3 aromatic carbocycles. The molecule has 0 spiro atoms. The fraction of sp³-hybridized carbons (Fsp3) is 0.167. The first kappa shape index (κ1) is 20.6. The van der Waals surface area contributed by atoms with E-state index in [1.807, 2.05) is 18.2 Å². The molecule has 1 N–H and O–H groups in total. The van der Waals surface area contributed by atoms with Crippen molar-refractivity contribution in [1.29, 1.82) is 0 Å². The standard InChI is InChI=1S/C24H19Cl2NO3/c1-15(22(28)16-7-3-2-4-8-16)24(30)19-13-18(25)11-12-21(19)27(23(24)29)14-17-9-5-6-10-20(17)26/h2-13,15,30H,14H2,1H3/t15-,24+/m0/s1. The molecule has 4 nitrogen and oxygen atoms in total. The van der Waals surface area contributed by atoms with Gasteiger partial charge >= 0.3 is 0 Å². The topological polar surface area (TPSA) is 57.6 Å². The van der Waals surface area contributed by atoms with E-state index in [9.17, 15) is 14.7 Å². The summed E-state index contributed by atoms with van der Waals surface area (Å²) in [6.45, 7) is 1.73. The van der Waals surface area contributed by atoms with Crippen molar-refractivity contribution in [2.24, 2.45) is 5.92 Å². The lowest BCUT2D eigenvalue weighted by Crippen LogP contribution is -2.47. The van der Waals surface area contributed by atoms with E-state index in [4.69, 9.17) is 23.2 Å². The summed E-state index contributed by atoms with van der Waals surface area (Å²) in [5.74, 6) is -1.91. The largest absolute Gasteiger partial charge is 0.375 e. The lowest BCUT2D eigenvalue weighted by atomic mass is 9.79. The maximum atomic E-state index is 13.5. The molecule has 0 saturated carbocycles. The van der Waals surface area contributed by atoms with Crippen molar-refractivity contribution in [1.82, 2.24) is 0 Å². The van der Waals surface area contributed by atoms with Crippen LogP contribution in [0.15, 0.2) is 72.8 Å². The van der Waals surface area contributed by atoms with Gasteiger partial charge in [0, 0.05) is 21.2 Å². The highest BCUT2D eigenvalue weighted by molar-refractivity contribution is 6.31. The first-order chi connectivity index (χ1) is 14.3. The number of anilines is 1. The van der Waals surface area contributed by atoms with Gasteiger partial charge in [0.1, 0.15) is 0 Å². The zero-order valence-corrected chi connectivity index (χ0v) is 17.7. The lowest BCUT2D eigenvalue weighted by Gasteiger charge is -2.28. The molecule has 0 unspecified atom stereocenters. The monoisotopic (exact) mass is 439 g/mol. The number of Topliss-reactive ketones (excluding diaryl/α,β-unsaturated/α-hetero) is 1. The van der Waals surface area contributed by atoms with Gasteiger partial charge in [-0.05, 0) is 29.8 Å². The predicted octanol–water partition coefficient (Wildman–Crippen LogP) is 5.25. The number of rotatable bonds is 5. The van der Waals surface area contributed by atoms with Crippen LogP contribution in [-0.4, -0.2) is 16.8 Å². The van der Waals surface area contributed by atoms with Crippen molar-refractivity contribution in [2.75, 3.05) is 4.90 Å². The summed E-state index contributed by atoms with van der Waals surface area (Å²) in [4.78, 5) is 28.1. The van der Waals surface area contributed by atoms with Gasteiger partial charge in [-0.3, -0.25) is 9.59 Å². The van der Waals surface area contributed by atoms with Crippen molar-refractivity contribution in [3.8, 4) is 0 Å². The molecule has 1 heterocycles. The number of hydrogen-bond acceptors (Lipinski definition) is 3. The summed E-state index contributed by atoms with van der Waals surface area (Å²) in [5, 5.41) is 12.5. The SMILES string of the molecule is C[C@@H](C(=O)c1ccccc1)[C@]1(O)C(=O)N(Cc2ccccc2Cl)c2ccc(Cl)cc21. The van der Waals surface area contributed by atoms with Gasteiger partial charge in [0.25, 0.3) is 5.91 Å². The normalized spacial score (nSPS) is 18.9. The average molecular weight is 440 g/mol. The summed E-state index contributed by atoms with van der Waals surface area (Å²) >= 11 is 12.5. The number of carbonyl (C=O) groups is 2. The van der Waals surface area contributed by atoms with Crippen LogP contribution in [0.4, 0.5) is 5.69 Å². The Kier molecular flexibility index (Phi) is 5.41. The third-order valence-corrected chi connectivity index (χ3v) is 6.20. The number of benzene rings is 3. The third-order valence-electron chi connectivity index (χ3n) is 5.60.